The number of nitrogens with zero attached hydrogens (tertiary/aromatic N) is 6. The van der Waals surface area contributed by atoms with Crippen molar-refractivity contribution in [1.29, 1.82) is 0 Å². The fraction of sp³-hybridized carbons (Fsp3) is 0.500. The van der Waals surface area contributed by atoms with Gasteiger partial charge in [0.15, 0.2) is 5.82 Å². The Labute approximate surface area is 385 Å². The minimum atomic E-state index is -0.663. The fourth-order valence-corrected chi connectivity index (χ4v) is 9.80. The smallest absolute Gasteiger partial charge is 0.410 e. The number of thiophene rings is 1. The number of halogens is 1. The Morgan fingerprint density at radius 1 is 0.970 bits per heavy atom. The molecule has 18 nitrogen and oxygen atoms in total. The van der Waals surface area contributed by atoms with E-state index in [9.17, 15) is 28.8 Å². The summed E-state index contributed by atoms with van der Waals surface area (Å²) in [5.74, 6) is -1.10. The molecule has 6 amide bonds. The van der Waals surface area contributed by atoms with Gasteiger partial charge in [0.1, 0.15) is 24.9 Å². The number of anilines is 1. The van der Waals surface area contributed by atoms with E-state index in [2.05, 4.69) is 41.7 Å². The van der Waals surface area contributed by atoms with Crippen LogP contribution in [0.3, 0.4) is 0 Å². The quantitative estimate of drug-likeness (QED) is 0.0629. The van der Waals surface area contributed by atoms with Gasteiger partial charge in [0, 0.05) is 54.8 Å². The maximum Gasteiger partial charge on any atom is 0.410 e. The number of fused-ring (bicyclic) bond motifs is 1. The van der Waals surface area contributed by atoms with Gasteiger partial charge in [-0.3, -0.25) is 38.9 Å². The first-order chi connectivity index (χ1) is 32.0. The standard InChI is InChI=1S/C46H56FN11O7S/c1-56-37(19-28-9-10-28)34(22-52-56)41-35(47)23-51-45(55-41)53-31-11-13-32(14-12-31)57(46(64)65-27-29-7-3-2-4-8-29)26-40(61)49-18-6-5-17-48-24-39(60)50-21-33-20-30-25-58(44(63)42(30)66-33)36-15-16-38(59)54-43(36)62/h2-4,7-8,20,22-23,28,31-32,36,48H,5-6,9-19,21,24-27H2,1H3,(H,49,61)(H,50,60)(H,51,53,55)(H,54,59,62). The molecule has 2 aliphatic heterocycles. The van der Waals surface area contributed by atoms with E-state index in [0.29, 0.717) is 86.9 Å². The number of imide groups is 1. The molecule has 66 heavy (non-hydrogen) atoms. The molecular formula is C46H56FN11O7S. The maximum absolute atomic E-state index is 15.1. The zero-order valence-corrected chi connectivity index (χ0v) is 37.8. The number of unbranched alkanes of at least 4 members (excludes halogenated alkanes) is 1. The van der Waals surface area contributed by atoms with Gasteiger partial charge >= 0.3 is 6.09 Å². The largest absolute Gasteiger partial charge is 0.445 e. The van der Waals surface area contributed by atoms with Crippen LogP contribution in [0, 0.1) is 11.7 Å². The third-order valence-electron chi connectivity index (χ3n) is 12.6. The molecular weight excluding hydrogens is 870 g/mol. The van der Waals surface area contributed by atoms with Crippen molar-refractivity contribution in [2.24, 2.45) is 13.0 Å². The number of benzene rings is 1. The second-order valence-corrected chi connectivity index (χ2v) is 18.6. The molecule has 350 valence electrons. The van der Waals surface area contributed by atoms with E-state index in [4.69, 9.17) is 4.74 Å². The fourth-order valence-electron chi connectivity index (χ4n) is 8.74. The Hall–Kier alpha value is -6.28. The van der Waals surface area contributed by atoms with Gasteiger partial charge in [-0.05, 0) is 93.9 Å². The average molecular weight is 926 g/mol. The van der Waals surface area contributed by atoms with Crippen LogP contribution in [0.25, 0.3) is 11.3 Å². The molecule has 0 spiro atoms. The molecule has 4 aliphatic rings. The molecule has 1 unspecified atom stereocenters. The van der Waals surface area contributed by atoms with E-state index in [0.717, 1.165) is 41.0 Å². The van der Waals surface area contributed by atoms with Crippen LogP contribution in [0.1, 0.15) is 95.6 Å². The summed E-state index contributed by atoms with van der Waals surface area (Å²) in [5.41, 5.74) is 3.51. The number of piperidine rings is 1. The van der Waals surface area contributed by atoms with Crippen molar-refractivity contribution in [3.63, 3.8) is 0 Å². The molecule has 0 radical (unpaired) electrons. The average Bonchev–Trinajstić information content (AvgIpc) is 3.83. The Balaban J connectivity index is 0.750. The highest BCUT2D eigenvalue weighted by atomic mass is 32.1. The van der Waals surface area contributed by atoms with Gasteiger partial charge in [-0.2, -0.15) is 5.10 Å². The molecule has 8 rings (SSSR count). The van der Waals surface area contributed by atoms with Gasteiger partial charge < -0.3 is 30.9 Å². The SMILES string of the molecule is Cn1ncc(-c2nc(NC3CCC(N(CC(=O)NCCCCNCC(=O)NCc4cc5c(s4)C(=O)N(C4CCC(=O)NC4=O)C5)C(=O)OCc4ccccc4)CC3)ncc2F)c1CC1CC1. The lowest BCUT2D eigenvalue weighted by Crippen LogP contribution is -2.52. The molecule has 1 aromatic carbocycles. The number of carbonyl (C=O) groups excluding carboxylic acids is 6. The number of hydrogen-bond acceptors (Lipinski definition) is 13. The molecule has 0 bridgehead atoms. The van der Waals surface area contributed by atoms with E-state index in [1.807, 2.05) is 43.4 Å². The lowest BCUT2D eigenvalue weighted by Gasteiger charge is -2.36. The Morgan fingerprint density at radius 3 is 2.52 bits per heavy atom. The van der Waals surface area contributed by atoms with E-state index in [1.54, 1.807) is 10.9 Å². The first-order valence-corrected chi connectivity index (χ1v) is 23.6. The molecule has 4 aromatic rings. The molecule has 2 saturated carbocycles. The molecule has 5 heterocycles. The summed E-state index contributed by atoms with van der Waals surface area (Å²) in [7, 11) is 1.87. The van der Waals surface area contributed by atoms with E-state index in [-0.39, 0.29) is 74.1 Å². The number of rotatable bonds is 20. The van der Waals surface area contributed by atoms with Gasteiger partial charge in [-0.15, -0.1) is 11.3 Å². The van der Waals surface area contributed by atoms with Gasteiger partial charge in [0.05, 0.1) is 30.4 Å². The van der Waals surface area contributed by atoms with Crippen molar-refractivity contribution in [2.75, 3.05) is 31.5 Å². The summed E-state index contributed by atoms with van der Waals surface area (Å²) in [6.45, 7) is 1.51. The molecule has 20 heteroatoms. The Kier molecular flexibility index (Phi) is 15.0. The normalized spacial score (nSPS) is 19.3. The number of aromatic nitrogens is 4. The van der Waals surface area contributed by atoms with Crippen molar-refractivity contribution in [3.05, 3.63) is 81.2 Å². The number of ether oxygens (including phenoxy) is 1. The lowest BCUT2D eigenvalue weighted by molar-refractivity contribution is -0.137. The minimum absolute atomic E-state index is 0.0226. The third kappa shape index (κ3) is 11.7. The van der Waals surface area contributed by atoms with Crippen LogP contribution < -0.4 is 26.6 Å². The monoisotopic (exact) mass is 925 g/mol. The zero-order valence-electron chi connectivity index (χ0n) is 37.0. The van der Waals surface area contributed by atoms with E-state index in [1.165, 1.54) is 27.3 Å². The zero-order chi connectivity index (χ0) is 46.2. The predicted molar refractivity (Wildman–Crippen MR) is 241 cm³/mol. The lowest BCUT2D eigenvalue weighted by atomic mass is 9.90. The van der Waals surface area contributed by atoms with Crippen LogP contribution in [0.2, 0.25) is 0 Å². The Bertz CT molecular complexity index is 2420. The van der Waals surface area contributed by atoms with E-state index >= 15 is 4.39 Å². The second-order valence-electron chi connectivity index (χ2n) is 17.5. The van der Waals surface area contributed by atoms with E-state index < -0.39 is 23.9 Å². The highest BCUT2D eigenvalue weighted by Crippen LogP contribution is 2.37. The van der Waals surface area contributed by atoms with Crippen molar-refractivity contribution in [1.82, 2.24) is 50.8 Å². The number of carbonyl (C=O) groups is 6. The summed E-state index contributed by atoms with van der Waals surface area (Å²) in [6.07, 6.45) is 9.83. The van der Waals surface area contributed by atoms with Crippen LogP contribution in [-0.4, -0.2) is 109 Å². The second kappa shape index (κ2) is 21.4. The maximum atomic E-state index is 15.1. The molecule has 1 atom stereocenters. The number of aryl methyl sites for hydroxylation is 1. The van der Waals surface area contributed by atoms with Crippen LogP contribution >= 0.6 is 11.3 Å². The first kappa shape index (κ1) is 46.3. The summed E-state index contributed by atoms with van der Waals surface area (Å²) in [4.78, 5) is 89.4. The molecule has 3 fully saturated rings. The number of amides is 6. The summed E-state index contributed by atoms with van der Waals surface area (Å²) in [5, 5.41) is 19.0. The van der Waals surface area contributed by atoms with Gasteiger partial charge in [-0.1, -0.05) is 30.3 Å². The molecule has 1 saturated heterocycles. The molecule has 5 N–H and O–H groups in total. The summed E-state index contributed by atoms with van der Waals surface area (Å²) in [6, 6.07) is 10.3. The van der Waals surface area contributed by atoms with Crippen LogP contribution in [0.5, 0.6) is 0 Å². The topological polar surface area (TPSA) is 222 Å². The van der Waals surface area contributed by atoms with Gasteiger partial charge in [-0.25, -0.2) is 19.2 Å². The molecule has 3 aromatic heterocycles. The van der Waals surface area contributed by atoms with Gasteiger partial charge in [0.2, 0.25) is 29.6 Å². The van der Waals surface area contributed by atoms with Crippen molar-refractivity contribution >= 4 is 52.9 Å². The summed E-state index contributed by atoms with van der Waals surface area (Å²) >= 11 is 1.29. The van der Waals surface area contributed by atoms with Crippen LogP contribution in [0.15, 0.2) is 48.8 Å². The highest BCUT2D eigenvalue weighted by Gasteiger charge is 2.40. The van der Waals surface area contributed by atoms with Crippen LogP contribution in [-0.2, 0) is 57.1 Å². The minimum Gasteiger partial charge on any atom is -0.445 e. The van der Waals surface area contributed by atoms with Crippen molar-refractivity contribution in [2.45, 2.75) is 108 Å². The highest BCUT2D eigenvalue weighted by molar-refractivity contribution is 7.14. The third-order valence-corrected chi connectivity index (χ3v) is 13.7. The first-order valence-electron chi connectivity index (χ1n) is 22.8. The van der Waals surface area contributed by atoms with Gasteiger partial charge in [0.25, 0.3) is 5.91 Å². The molecule has 2 aliphatic carbocycles. The number of hydrogen-bond donors (Lipinski definition) is 5. The Morgan fingerprint density at radius 2 is 1.76 bits per heavy atom. The summed E-state index contributed by atoms with van der Waals surface area (Å²) < 4.78 is 22.6. The predicted octanol–water partition coefficient (Wildman–Crippen LogP) is 3.96. The van der Waals surface area contributed by atoms with Crippen molar-refractivity contribution < 1.29 is 37.9 Å². The number of nitrogens with one attached hydrogen (secondary N) is 5. The van der Waals surface area contributed by atoms with Crippen LogP contribution in [0.4, 0.5) is 15.1 Å². The van der Waals surface area contributed by atoms with Crippen molar-refractivity contribution in [3.8, 4) is 11.3 Å².